The number of amides is 1. The van der Waals surface area contributed by atoms with Crippen LogP contribution >= 0.6 is 0 Å². The number of aliphatic carboxylic acids is 1. The minimum Gasteiger partial charge on any atom is -0.497 e. The average molecular weight is 375 g/mol. The summed E-state index contributed by atoms with van der Waals surface area (Å²) in [4.78, 5) is 23.6. The first-order valence-electron chi connectivity index (χ1n) is 8.38. The Hall–Kier alpha value is -4.05. The zero-order chi connectivity index (χ0) is 20.1. The number of ether oxygens (including phenoxy) is 1. The Labute approximate surface area is 161 Å². The lowest BCUT2D eigenvalue weighted by atomic mass is 10.1. The average Bonchev–Trinajstić information content (AvgIpc) is 3.03. The molecule has 0 fully saturated rings. The van der Waals surface area contributed by atoms with Crippen LogP contribution in [0.3, 0.4) is 0 Å². The maximum absolute atomic E-state index is 12.5. The van der Waals surface area contributed by atoms with Gasteiger partial charge in [0.15, 0.2) is 0 Å². The number of benzene rings is 2. The van der Waals surface area contributed by atoms with Gasteiger partial charge in [-0.25, -0.2) is 0 Å². The Balaban J connectivity index is 1.92. The van der Waals surface area contributed by atoms with E-state index in [4.69, 9.17) is 9.84 Å². The van der Waals surface area contributed by atoms with Gasteiger partial charge in [-0.15, -0.1) is 0 Å². The monoisotopic (exact) mass is 375 g/mol. The molecule has 0 aliphatic heterocycles. The molecule has 7 heteroatoms. The number of nitrogens with one attached hydrogen (secondary N) is 1. The first-order chi connectivity index (χ1) is 13.5. The number of carboxylic acid groups (broad SMARTS) is 1. The Morgan fingerprint density at radius 1 is 1.21 bits per heavy atom. The topological polar surface area (TPSA) is 104 Å². The van der Waals surface area contributed by atoms with Crippen LogP contribution in [-0.4, -0.2) is 28.7 Å². The molecule has 0 unspecified atom stereocenters. The summed E-state index contributed by atoms with van der Waals surface area (Å²) in [6, 6.07) is 15.9. The lowest BCUT2D eigenvalue weighted by Gasteiger charge is -2.05. The SMILES string of the molecule is COc1ccc(NC(=O)C(C#N)=Cc2cn(CC(=O)O)c3ccccc23)cc1. The second kappa shape index (κ2) is 8.10. The minimum absolute atomic E-state index is 0.0888. The molecule has 3 rings (SSSR count). The van der Waals surface area contributed by atoms with Crippen LogP contribution in [0.2, 0.25) is 0 Å². The predicted molar refractivity (Wildman–Crippen MR) is 105 cm³/mol. The van der Waals surface area contributed by atoms with Crippen molar-refractivity contribution in [1.82, 2.24) is 4.57 Å². The standard InChI is InChI=1S/C21H17N3O4/c1-28-17-8-6-16(7-9-17)23-21(27)14(11-22)10-15-12-24(13-20(25)26)19-5-3-2-4-18(15)19/h2-10,12H,13H2,1H3,(H,23,27)(H,25,26). The number of aromatic nitrogens is 1. The second-order valence-electron chi connectivity index (χ2n) is 5.98. The highest BCUT2D eigenvalue weighted by atomic mass is 16.5. The molecule has 0 saturated heterocycles. The molecule has 2 N–H and O–H groups in total. The maximum atomic E-state index is 12.5. The molecule has 3 aromatic rings. The first-order valence-corrected chi connectivity index (χ1v) is 8.38. The van der Waals surface area contributed by atoms with Crippen molar-refractivity contribution in [1.29, 1.82) is 5.26 Å². The third-order valence-corrected chi connectivity index (χ3v) is 4.14. The van der Waals surface area contributed by atoms with Gasteiger partial charge in [0, 0.05) is 28.4 Å². The number of carbonyl (C=O) groups is 2. The van der Waals surface area contributed by atoms with E-state index >= 15 is 0 Å². The molecule has 140 valence electrons. The van der Waals surface area contributed by atoms with Gasteiger partial charge in [-0.3, -0.25) is 9.59 Å². The van der Waals surface area contributed by atoms with E-state index < -0.39 is 11.9 Å². The fraction of sp³-hybridized carbons (Fsp3) is 0.0952. The van der Waals surface area contributed by atoms with E-state index in [2.05, 4.69) is 5.32 Å². The summed E-state index contributed by atoms with van der Waals surface area (Å²) in [6.07, 6.45) is 3.08. The molecule has 0 bridgehead atoms. The molecule has 0 aliphatic rings. The largest absolute Gasteiger partial charge is 0.497 e. The van der Waals surface area contributed by atoms with Crippen LogP contribution in [-0.2, 0) is 16.1 Å². The molecule has 1 aromatic heterocycles. The van der Waals surface area contributed by atoms with E-state index in [0.717, 1.165) is 5.39 Å². The van der Waals surface area contributed by atoms with E-state index in [1.807, 2.05) is 18.2 Å². The third kappa shape index (κ3) is 4.02. The summed E-state index contributed by atoms with van der Waals surface area (Å²) >= 11 is 0. The van der Waals surface area contributed by atoms with Crippen molar-refractivity contribution < 1.29 is 19.4 Å². The molecular formula is C21H17N3O4. The summed E-state index contributed by atoms with van der Waals surface area (Å²) in [6.45, 7) is -0.214. The molecule has 0 spiro atoms. The number of carboxylic acids is 1. The Kier molecular flexibility index (Phi) is 5.42. The van der Waals surface area contributed by atoms with Gasteiger partial charge in [0.1, 0.15) is 23.9 Å². The Morgan fingerprint density at radius 3 is 2.57 bits per heavy atom. The fourth-order valence-electron chi connectivity index (χ4n) is 2.84. The number of para-hydroxylation sites is 1. The number of methoxy groups -OCH3 is 1. The van der Waals surface area contributed by atoms with Crippen molar-refractivity contribution in [2.45, 2.75) is 6.54 Å². The van der Waals surface area contributed by atoms with E-state index in [1.54, 1.807) is 54.3 Å². The van der Waals surface area contributed by atoms with Crippen molar-refractivity contribution in [2.24, 2.45) is 0 Å². The number of rotatable bonds is 6. The zero-order valence-electron chi connectivity index (χ0n) is 15.0. The first kappa shape index (κ1) is 18.7. The van der Waals surface area contributed by atoms with Crippen LogP contribution in [0.1, 0.15) is 5.56 Å². The van der Waals surface area contributed by atoms with Crippen LogP contribution in [0.25, 0.3) is 17.0 Å². The zero-order valence-corrected chi connectivity index (χ0v) is 15.0. The van der Waals surface area contributed by atoms with Gasteiger partial charge < -0.3 is 19.7 Å². The Bertz CT molecular complexity index is 1100. The maximum Gasteiger partial charge on any atom is 0.323 e. The predicted octanol–water partition coefficient (Wildman–Crippen LogP) is 3.28. The second-order valence-corrected chi connectivity index (χ2v) is 5.98. The summed E-state index contributed by atoms with van der Waals surface area (Å²) < 4.78 is 6.64. The van der Waals surface area contributed by atoms with Crippen molar-refractivity contribution >= 4 is 34.5 Å². The highest BCUT2D eigenvalue weighted by molar-refractivity contribution is 6.10. The quantitative estimate of drug-likeness (QED) is 0.508. The lowest BCUT2D eigenvalue weighted by Crippen LogP contribution is -2.13. The van der Waals surface area contributed by atoms with Gasteiger partial charge in [-0.1, -0.05) is 18.2 Å². The number of fused-ring (bicyclic) bond motifs is 1. The van der Waals surface area contributed by atoms with Crippen molar-refractivity contribution in [3.8, 4) is 11.8 Å². The Morgan fingerprint density at radius 2 is 1.93 bits per heavy atom. The smallest absolute Gasteiger partial charge is 0.323 e. The number of nitriles is 1. The van der Waals surface area contributed by atoms with Crippen LogP contribution < -0.4 is 10.1 Å². The van der Waals surface area contributed by atoms with Crippen LogP contribution in [0.4, 0.5) is 5.69 Å². The summed E-state index contributed by atoms with van der Waals surface area (Å²) in [5.41, 5.74) is 1.75. The van der Waals surface area contributed by atoms with E-state index in [-0.39, 0.29) is 12.1 Å². The minimum atomic E-state index is -0.978. The molecule has 0 radical (unpaired) electrons. The summed E-state index contributed by atoms with van der Waals surface area (Å²) in [7, 11) is 1.55. The summed E-state index contributed by atoms with van der Waals surface area (Å²) in [5.74, 6) is -0.878. The molecule has 1 heterocycles. The molecule has 7 nitrogen and oxygen atoms in total. The number of anilines is 1. The fourth-order valence-corrected chi connectivity index (χ4v) is 2.84. The van der Waals surface area contributed by atoms with Gasteiger partial charge in [0.05, 0.1) is 7.11 Å². The molecule has 0 saturated carbocycles. The van der Waals surface area contributed by atoms with Crippen molar-refractivity contribution in [3.05, 3.63) is 65.9 Å². The van der Waals surface area contributed by atoms with Crippen LogP contribution in [0, 0.1) is 11.3 Å². The van der Waals surface area contributed by atoms with E-state index in [1.165, 1.54) is 6.08 Å². The van der Waals surface area contributed by atoms with Gasteiger partial charge >= 0.3 is 5.97 Å². The lowest BCUT2D eigenvalue weighted by molar-refractivity contribution is -0.137. The third-order valence-electron chi connectivity index (χ3n) is 4.14. The highest BCUT2D eigenvalue weighted by Crippen LogP contribution is 2.24. The molecule has 28 heavy (non-hydrogen) atoms. The molecule has 0 aliphatic carbocycles. The van der Waals surface area contributed by atoms with E-state index in [9.17, 15) is 14.9 Å². The van der Waals surface area contributed by atoms with Crippen molar-refractivity contribution in [2.75, 3.05) is 12.4 Å². The normalized spacial score (nSPS) is 11.1. The molecular weight excluding hydrogens is 358 g/mol. The van der Waals surface area contributed by atoms with Crippen LogP contribution in [0.15, 0.2) is 60.3 Å². The molecule has 1 amide bonds. The number of carbonyl (C=O) groups excluding carboxylic acids is 1. The summed E-state index contributed by atoms with van der Waals surface area (Å²) in [5, 5.41) is 22.0. The van der Waals surface area contributed by atoms with Gasteiger partial charge in [0.25, 0.3) is 5.91 Å². The molecule has 0 atom stereocenters. The highest BCUT2D eigenvalue weighted by Gasteiger charge is 2.13. The van der Waals surface area contributed by atoms with Gasteiger partial charge in [-0.05, 0) is 36.4 Å². The van der Waals surface area contributed by atoms with Crippen LogP contribution in [0.5, 0.6) is 5.75 Å². The molecule has 2 aromatic carbocycles. The number of hydrogen-bond acceptors (Lipinski definition) is 4. The van der Waals surface area contributed by atoms with Gasteiger partial charge in [0.2, 0.25) is 0 Å². The number of nitrogens with zero attached hydrogens (tertiary/aromatic N) is 2. The van der Waals surface area contributed by atoms with Gasteiger partial charge in [-0.2, -0.15) is 5.26 Å². The van der Waals surface area contributed by atoms with Crippen molar-refractivity contribution in [3.63, 3.8) is 0 Å². The van der Waals surface area contributed by atoms with E-state index in [0.29, 0.717) is 22.5 Å². The number of hydrogen-bond donors (Lipinski definition) is 2.